The van der Waals surface area contributed by atoms with Gasteiger partial charge in [-0.2, -0.15) is 0 Å². The van der Waals surface area contributed by atoms with Crippen LogP contribution in [0.15, 0.2) is 47.3 Å². The number of hydrogen-bond acceptors (Lipinski definition) is 5. The molecule has 120 valence electrons. The second kappa shape index (κ2) is 5.91. The average Bonchev–Trinajstić information content (AvgIpc) is 2.46. The van der Waals surface area contributed by atoms with Crippen molar-refractivity contribution in [1.29, 1.82) is 0 Å². The molecule has 1 aliphatic rings. The lowest BCUT2D eigenvalue weighted by Crippen LogP contribution is -2.30. The molecule has 0 saturated carbocycles. The topological polar surface area (TPSA) is 121 Å². The van der Waals surface area contributed by atoms with Crippen molar-refractivity contribution in [3.05, 3.63) is 57.4 Å². The summed E-state index contributed by atoms with van der Waals surface area (Å²) in [6.45, 7) is 3.03. The van der Waals surface area contributed by atoms with E-state index >= 15 is 0 Å². The SMILES string of the molecule is CC1=C(C(=O)O)C(C)C(C(=O)O)=CN1c1cccc([N+](=O)[O-])c1. The van der Waals surface area contributed by atoms with Crippen LogP contribution in [0.1, 0.15) is 13.8 Å². The van der Waals surface area contributed by atoms with Crippen molar-refractivity contribution in [2.24, 2.45) is 5.92 Å². The summed E-state index contributed by atoms with van der Waals surface area (Å²) in [7, 11) is 0. The third kappa shape index (κ3) is 2.91. The monoisotopic (exact) mass is 318 g/mol. The lowest BCUT2D eigenvalue weighted by Gasteiger charge is -2.31. The summed E-state index contributed by atoms with van der Waals surface area (Å²) in [5.74, 6) is -3.25. The Kier molecular flexibility index (Phi) is 4.17. The smallest absolute Gasteiger partial charge is 0.333 e. The Hall–Kier alpha value is -3.16. The fourth-order valence-corrected chi connectivity index (χ4v) is 2.55. The number of allylic oxidation sites excluding steroid dienone is 1. The summed E-state index contributed by atoms with van der Waals surface area (Å²) in [6.07, 6.45) is 1.30. The summed E-state index contributed by atoms with van der Waals surface area (Å²) >= 11 is 0. The normalized spacial score (nSPS) is 17.7. The Balaban J connectivity index is 2.63. The highest BCUT2D eigenvalue weighted by molar-refractivity contribution is 5.97. The molecule has 0 aliphatic carbocycles. The molecule has 0 spiro atoms. The lowest BCUT2D eigenvalue weighted by molar-refractivity contribution is -0.384. The maximum Gasteiger partial charge on any atom is 0.333 e. The minimum absolute atomic E-state index is 0.0589. The van der Waals surface area contributed by atoms with Crippen LogP contribution in [-0.4, -0.2) is 27.1 Å². The van der Waals surface area contributed by atoms with Gasteiger partial charge in [0, 0.05) is 29.9 Å². The molecule has 0 amide bonds. The van der Waals surface area contributed by atoms with Gasteiger partial charge in [-0.1, -0.05) is 13.0 Å². The van der Waals surface area contributed by atoms with Crippen LogP contribution >= 0.6 is 0 Å². The zero-order valence-corrected chi connectivity index (χ0v) is 12.4. The van der Waals surface area contributed by atoms with Crippen molar-refractivity contribution in [3.8, 4) is 0 Å². The highest BCUT2D eigenvalue weighted by atomic mass is 16.6. The van der Waals surface area contributed by atoms with Gasteiger partial charge in [0.25, 0.3) is 5.69 Å². The average molecular weight is 318 g/mol. The van der Waals surface area contributed by atoms with E-state index < -0.39 is 22.8 Å². The number of hydrogen-bond donors (Lipinski definition) is 2. The zero-order chi connectivity index (χ0) is 17.3. The summed E-state index contributed by atoms with van der Waals surface area (Å²) < 4.78 is 0. The predicted octanol–water partition coefficient (Wildman–Crippen LogP) is 2.38. The molecular formula is C15H14N2O6. The van der Waals surface area contributed by atoms with E-state index in [0.29, 0.717) is 11.4 Å². The van der Waals surface area contributed by atoms with Gasteiger partial charge < -0.3 is 15.1 Å². The second-order valence-electron chi connectivity index (χ2n) is 5.06. The molecule has 23 heavy (non-hydrogen) atoms. The van der Waals surface area contributed by atoms with E-state index in [1.54, 1.807) is 6.07 Å². The molecule has 0 fully saturated rings. The summed E-state index contributed by atoms with van der Waals surface area (Å²) in [5.41, 5.74) is 0.309. The fourth-order valence-electron chi connectivity index (χ4n) is 2.55. The van der Waals surface area contributed by atoms with Gasteiger partial charge in [0.15, 0.2) is 0 Å². The van der Waals surface area contributed by atoms with Crippen LogP contribution in [0.5, 0.6) is 0 Å². The quantitative estimate of drug-likeness (QED) is 0.645. The third-order valence-corrected chi connectivity index (χ3v) is 3.71. The van der Waals surface area contributed by atoms with E-state index in [0.717, 1.165) is 0 Å². The summed E-state index contributed by atoms with van der Waals surface area (Å²) in [5, 5.41) is 29.5. The number of nitro benzene ring substituents is 1. The van der Waals surface area contributed by atoms with Crippen molar-refractivity contribution >= 4 is 23.3 Å². The van der Waals surface area contributed by atoms with Crippen LogP contribution in [-0.2, 0) is 9.59 Å². The van der Waals surface area contributed by atoms with Crippen LogP contribution in [0.25, 0.3) is 0 Å². The third-order valence-electron chi connectivity index (χ3n) is 3.71. The largest absolute Gasteiger partial charge is 0.478 e. The van der Waals surface area contributed by atoms with Gasteiger partial charge in [-0.05, 0) is 13.0 Å². The van der Waals surface area contributed by atoms with Crippen LogP contribution < -0.4 is 4.90 Å². The zero-order valence-electron chi connectivity index (χ0n) is 12.4. The summed E-state index contributed by atoms with van der Waals surface area (Å²) in [6, 6.07) is 5.55. The molecule has 1 aromatic rings. The molecule has 1 atom stereocenters. The highest BCUT2D eigenvalue weighted by Gasteiger charge is 2.33. The van der Waals surface area contributed by atoms with E-state index in [1.807, 2.05) is 0 Å². The van der Waals surface area contributed by atoms with Gasteiger partial charge in [0.05, 0.1) is 21.8 Å². The molecule has 8 heteroatoms. The molecule has 0 radical (unpaired) electrons. The first-order valence-electron chi connectivity index (χ1n) is 6.66. The van der Waals surface area contributed by atoms with Crippen molar-refractivity contribution in [3.63, 3.8) is 0 Å². The number of anilines is 1. The molecule has 1 aromatic carbocycles. The minimum Gasteiger partial charge on any atom is -0.478 e. The number of carboxylic acids is 2. The number of non-ortho nitro benzene ring substituents is 1. The van der Waals surface area contributed by atoms with Gasteiger partial charge in [-0.3, -0.25) is 10.1 Å². The van der Waals surface area contributed by atoms with Gasteiger partial charge in [0.2, 0.25) is 0 Å². The van der Waals surface area contributed by atoms with Crippen LogP contribution in [0.4, 0.5) is 11.4 Å². The number of carbonyl (C=O) groups is 2. The maximum absolute atomic E-state index is 11.5. The Labute approximate surface area is 131 Å². The molecule has 2 N–H and O–H groups in total. The first kappa shape index (κ1) is 16.2. The van der Waals surface area contributed by atoms with Crippen LogP contribution in [0.2, 0.25) is 0 Å². The lowest BCUT2D eigenvalue weighted by atomic mass is 9.88. The van der Waals surface area contributed by atoms with E-state index in [9.17, 15) is 29.9 Å². The number of rotatable bonds is 4. The van der Waals surface area contributed by atoms with E-state index in [1.165, 1.54) is 43.1 Å². The van der Waals surface area contributed by atoms with Crippen LogP contribution in [0.3, 0.4) is 0 Å². The Morgan fingerprint density at radius 1 is 1.26 bits per heavy atom. The molecule has 1 unspecified atom stereocenters. The summed E-state index contributed by atoms with van der Waals surface area (Å²) in [4.78, 5) is 34.5. The highest BCUT2D eigenvalue weighted by Crippen LogP contribution is 2.35. The maximum atomic E-state index is 11.5. The van der Waals surface area contributed by atoms with Gasteiger partial charge in [0.1, 0.15) is 0 Å². The molecule has 2 rings (SSSR count). The molecule has 1 aliphatic heterocycles. The molecule has 0 saturated heterocycles. The van der Waals surface area contributed by atoms with Crippen molar-refractivity contribution < 1.29 is 24.7 Å². The molecular weight excluding hydrogens is 304 g/mol. The number of carboxylic acid groups (broad SMARTS) is 2. The molecule has 8 nitrogen and oxygen atoms in total. The number of benzene rings is 1. The fraction of sp³-hybridized carbons (Fsp3) is 0.200. The van der Waals surface area contributed by atoms with Gasteiger partial charge >= 0.3 is 11.9 Å². The molecule has 0 bridgehead atoms. The van der Waals surface area contributed by atoms with E-state index in [2.05, 4.69) is 0 Å². The van der Waals surface area contributed by atoms with Crippen LogP contribution in [0, 0.1) is 16.0 Å². The first-order valence-corrected chi connectivity index (χ1v) is 6.66. The van der Waals surface area contributed by atoms with Crippen molar-refractivity contribution in [2.75, 3.05) is 4.90 Å². The Bertz CT molecular complexity index is 765. The first-order chi connectivity index (χ1) is 10.7. The van der Waals surface area contributed by atoms with E-state index in [-0.39, 0.29) is 16.8 Å². The Morgan fingerprint density at radius 2 is 1.91 bits per heavy atom. The van der Waals surface area contributed by atoms with Crippen molar-refractivity contribution in [2.45, 2.75) is 13.8 Å². The second-order valence-corrected chi connectivity index (χ2v) is 5.06. The predicted molar refractivity (Wildman–Crippen MR) is 80.8 cm³/mol. The molecule has 0 aromatic heterocycles. The standard InChI is InChI=1S/C15H14N2O6/c1-8-12(14(18)19)7-16(9(2)13(8)15(20)21)10-4-3-5-11(6-10)17(22)23/h3-8H,1-2H3,(H,18,19)(H,20,21). The van der Waals surface area contributed by atoms with Gasteiger partial charge in [-0.25, -0.2) is 9.59 Å². The Morgan fingerprint density at radius 3 is 2.43 bits per heavy atom. The minimum atomic E-state index is -1.24. The van der Waals surface area contributed by atoms with Crippen molar-refractivity contribution in [1.82, 2.24) is 0 Å². The molecule has 1 heterocycles. The number of aliphatic carboxylic acids is 2. The number of nitro groups is 1. The van der Waals surface area contributed by atoms with E-state index in [4.69, 9.17) is 0 Å². The number of nitrogens with zero attached hydrogens (tertiary/aromatic N) is 2. The van der Waals surface area contributed by atoms with Gasteiger partial charge in [-0.15, -0.1) is 0 Å².